The Kier molecular flexibility index (Phi) is 4.54. The second-order valence-electron chi connectivity index (χ2n) is 4.84. The highest BCUT2D eigenvalue weighted by molar-refractivity contribution is 9.10. The van der Waals surface area contributed by atoms with E-state index in [9.17, 15) is 0 Å². The van der Waals surface area contributed by atoms with Crippen molar-refractivity contribution in [2.75, 3.05) is 5.32 Å². The zero-order valence-electron chi connectivity index (χ0n) is 11.3. The van der Waals surface area contributed by atoms with Gasteiger partial charge in [-0.2, -0.15) is 0 Å². The summed E-state index contributed by atoms with van der Waals surface area (Å²) in [6.07, 6.45) is 0. The van der Waals surface area contributed by atoms with Crippen molar-refractivity contribution in [3.63, 3.8) is 0 Å². The molecule has 0 aliphatic carbocycles. The minimum Gasteiger partial charge on any atom is -0.379 e. The third-order valence-electron chi connectivity index (χ3n) is 3.24. The van der Waals surface area contributed by atoms with E-state index in [-0.39, 0.29) is 6.04 Å². The van der Waals surface area contributed by atoms with E-state index in [1.165, 1.54) is 11.1 Å². The summed E-state index contributed by atoms with van der Waals surface area (Å²) in [6.45, 7) is 6.26. The monoisotopic (exact) mass is 337 g/mol. The fourth-order valence-corrected chi connectivity index (χ4v) is 2.46. The number of rotatable bonds is 3. The Morgan fingerprint density at radius 3 is 2.42 bits per heavy atom. The lowest BCUT2D eigenvalue weighted by Gasteiger charge is -2.17. The molecule has 0 amide bonds. The number of anilines is 1. The fraction of sp³-hybridized carbons (Fsp3) is 0.250. The summed E-state index contributed by atoms with van der Waals surface area (Å²) < 4.78 is 1.14. The van der Waals surface area contributed by atoms with Crippen LogP contribution in [0.3, 0.4) is 0 Å². The molecule has 2 rings (SSSR count). The molecule has 0 saturated heterocycles. The molecule has 1 atom stereocenters. The lowest BCUT2D eigenvalue weighted by molar-refractivity contribution is 0.882. The maximum atomic E-state index is 6.04. The molecule has 1 nitrogen and oxygen atoms in total. The maximum Gasteiger partial charge on any atom is 0.0486 e. The Morgan fingerprint density at radius 2 is 1.79 bits per heavy atom. The third kappa shape index (κ3) is 3.52. The zero-order valence-corrected chi connectivity index (χ0v) is 13.6. The molecule has 0 saturated carbocycles. The van der Waals surface area contributed by atoms with E-state index < -0.39 is 0 Å². The van der Waals surface area contributed by atoms with Gasteiger partial charge in [-0.15, -0.1) is 0 Å². The summed E-state index contributed by atoms with van der Waals surface area (Å²) in [5.74, 6) is 0. The van der Waals surface area contributed by atoms with Crippen molar-refractivity contribution >= 4 is 33.2 Å². The summed E-state index contributed by atoms with van der Waals surface area (Å²) >= 11 is 9.61. The lowest BCUT2D eigenvalue weighted by Crippen LogP contribution is -2.06. The van der Waals surface area contributed by atoms with Gasteiger partial charge in [0.25, 0.3) is 0 Å². The molecule has 0 aliphatic heterocycles. The molecule has 0 fully saturated rings. The number of benzene rings is 2. The number of nitrogens with one attached hydrogen (secondary N) is 1. The van der Waals surface area contributed by atoms with E-state index >= 15 is 0 Å². The summed E-state index contributed by atoms with van der Waals surface area (Å²) in [5.41, 5.74) is 4.68. The molecule has 0 aliphatic rings. The molecule has 19 heavy (non-hydrogen) atoms. The Labute approximate surface area is 128 Å². The first-order valence-electron chi connectivity index (χ1n) is 6.26. The van der Waals surface area contributed by atoms with Crippen molar-refractivity contribution in [2.24, 2.45) is 0 Å². The molecule has 0 spiro atoms. The molecule has 1 unspecified atom stereocenters. The summed E-state index contributed by atoms with van der Waals surface area (Å²) in [5, 5.41) is 4.30. The Morgan fingerprint density at radius 1 is 1.05 bits per heavy atom. The lowest BCUT2D eigenvalue weighted by atomic mass is 10.1. The van der Waals surface area contributed by atoms with E-state index in [0.29, 0.717) is 0 Å². The summed E-state index contributed by atoms with van der Waals surface area (Å²) in [7, 11) is 0. The van der Waals surface area contributed by atoms with Gasteiger partial charge in [-0.1, -0.05) is 39.7 Å². The molecule has 0 bridgehead atoms. The first-order valence-corrected chi connectivity index (χ1v) is 7.43. The van der Waals surface area contributed by atoms with E-state index in [2.05, 4.69) is 59.4 Å². The first kappa shape index (κ1) is 14.4. The van der Waals surface area contributed by atoms with Gasteiger partial charge < -0.3 is 5.32 Å². The molecule has 2 aromatic rings. The zero-order chi connectivity index (χ0) is 14.0. The van der Waals surface area contributed by atoms with Crippen LogP contribution in [0.15, 0.2) is 40.9 Å². The van der Waals surface area contributed by atoms with Crippen LogP contribution in [-0.2, 0) is 0 Å². The van der Waals surface area contributed by atoms with E-state index in [1.807, 2.05) is 19.1 Å². The van der Waals surface area contributed by atoms with Crippen LogP contribution < -0.4 is 5.32 Å². The van der Waals surface area contributed by atoms with Crippen LogP contribution in [0.4, 0.5) is 5.69 Å². The van der Waals surface area contributed by atoms with Crippen molar-refractivity contribution in [1.29, 1.82) is 0 Å². The number of aryl methyl sites for hydroxylation is 2. The van der Waals surface area contributed by atoms with Crippen LogP contribution in [0, 0.1) is 13.8 Å². The normalized spacial score (nSPS) is 12.3. The van der Waals surface area contributed by atoms with Crippen molar-refractivity contribution in [1.82, 2.24) is 0 Å². The molecule has 1 N–H and O–H groups in total. The standard InChI is InChI=1S/C16H17BrClN/c1-10-4-5-13(9-15(10)17)12(3)19-14-6-7-16(18)11(2)8-14/h4-9,12,19H,1-3H3. The second-order valence-corrected chi connectivity index (χ2v) is 6.10. The molecule has 0 heterocycles. The Balaban J connectivity index is 2.17. The Bertz CT molecular complexity index is 595. The van der Waals surface area contributed by atoms with Crippen LogP contribution in [-0.4, -0.2) is 0 Å². The predicted molar refractivity (Wildman–Crippen MR) is 87.1 cm³/mol. The van der Waals surface area contributed by atoms with Gasteiger partial charge in [0.05, 0.1) is 0 Å². The number of halogens is 2. The average Bonchev–Trinajstić information content (AvgIpc) is 2.37. The highest BCUT2D eigenvalue weighted by Crippen LogP contribution is 2.26. The van der Waals surface area contributed by atoms with Crippen LogP contribution in [0.25, 0.3) is 0 Å². The molecule has 0 radical (unpaired) electrons. The average molecular weight is 339 g/mol. The number of hydrogen-bond acceptors (Lipinski definition) is 1. The molecule has 2 aromatic carbocycles. The SMILES string of the molecule is Cc1cc(NC(C)c2ccc(C)c(Br)c2)ccc1Cl. The minimum atomic E-state index is 0.248. The van der Waals surface area contributed by atoms with Gasteiger partial charge in [-0.3, -0.25) is 0 Å². The molecule has 100 valence electrons. The summed E-state index contributed by atoms with van der Waals surface area (Å²) in [4.78, 5) is 0. The fourth-order valence-electron chi connectivity index (χ4n) is 1.95. The maximum absolute atomic E-state index is 6.04. The van der Waals surface area contributed by atoms with Gasteiger partial charge in [0.2, 0.25) is 0 Å². The number of hydrogen-bond donors (Lipinski definition) is 1. The minimum absolute atomic E-state index is 0.248. The molecular weight excluding hydrogens is 322 g/mol. The predicted octanol–water partition coefficient (Wildman–Crippen LogP) is 5.89. The van der Waals surface area contributed by atoms with Gasteiger partial charge >= 0.3 is 0 Å². The van der Waals surface area contributed by atoms with Crippen molar-refractivity contribution in [2.45, 2.75) is 26.8 Å². The van der Waals surface area contributed by atoms with Gasteiger partial charge in [0, 0.05) is 21.2 Å². The van der Waals surface area contributed by atoms with Crippen molar-refractivity contribution < 1.29 is 0 Å². The smallest absolute Gasteiger partial charge is 0.0486 e. The largest absolute Gasteiger partial charge is 0.379 e. The van der Waals surface area contributed by atoms with Gasteiger partial charge in [-0.25, -0.2) is 0 Å². The van der Waals surface area contributed by atoms with Gasteiger partial charge in [-0.05, 0) is 61.7 Å². The van der Waals surface area contributed by atoms with E-state index in [0.717, 1.165) is 20.7 Å². The second kappa shape index (κ2) is 5.98. The molecule has 0 aromatic heterocycles. The summed E-state index contributed by atoms with van der Waals surface area (Å²) in [6, 6.07) is 12.7. The van der Waals surface area contributed by atoms with Crippen molar-refractivity contribution in [3.8, 4) is 0 Å². The van der Waals surface area contributed by atoms with Crippen LogP contribution >= 0.6 is 27.5 Å². The van der Waals surface area contributed by atoms with Crippen LogP contribution in [0.5, 0.6) is 0 Å². The molecular formula is C16H17BrClN. The third-order valence-corrected chi connectivity index (χ3v) is 4.52. The Hall–Kier alpha value is -0.990. The quantitative estimate of drug-likeness (QED) is 0.735. The first-order chi connectivity index (χ1) is 8.97. The van der Waals surface area contributed by atoms with E-state index in [1.54, 1.807) is 0 Å². The van der Waals surface area contributed by atoms with Crippen molar-refractivity contribution in [3.05, 3.63) is 62.6 Å². The molecule has 3 heteroatoms. The van der Waals surface area contributed by atoms with Crippen LogP contribution in [0.1, 0.15) is 29.7 Å². The topological polar surface area (TPSA) is 12.0 Å². The van der Waals surface area contributed by atoms with Gasteiger partial charge in [0.15, 0.2) is 0 Å². The highest BCUT2D eigenvalue weighted by Gasteiger charge is 2.07. The van der Waals surface area contributed by atoms with E-state index in [4.69, 9.17) is 11.6 Å². The highest BCUT2D eigenvalue weighted by atomic mass is 79.9. The van der Waals surface area contributed by atoms with Gasteiger partial charge in [0.1, 0.15) is 0 Å². The van der Waals surface area contributed by atoms with Crippen LogP contribution in [0.2, 0.25) is 5.02 Å².